The van der Waals surface area contributed by atoms with E-state index < -0.39 is 12.0 Å². The van der Waals surface area contributed by atoms with Crippen molar-refractivity contribution >= 4 is 5.78 Å². The highest BCUT2D eigenvalue weighted by Gasteiger charge is 2.37. The molecule has 1 aliphatic heterocycles. The predicted octanol–water partition coefficient (Wildman–Crippen LogP) is 2.62. The highest BCUT2D eigenvalue weighted by molar-refractivity contribution is 5.76. The van der Waals surface area contributed by atoms with Gasteiger partial charge in [-0.1, -0.05) is 0 Å². The summed E-state index contributed by atoms with van der Waals surface area (Å²) in [5, 5.41) is 5.58. The van der Waals surface area contributed by atoms with Crippen LogP contribution in [-0.4, -0.2) is 58.8 Å². The highest BCUT2D eigenvalue weighted by Crippen LogP contribution is 2.32. The number of aromatic nitrogens is 8. The van der Waals surface area contributed by atoms with E-state index in [2.05, 4.69) is 35.1 Å². The zero-order valence-corrected chi connectivity index (χ0v) is 16.1. The molecule has 5 heterocycles. The minimum Gasteiger partial charge on any atom is -0.381 e. The smallest absolute Gasteiger partial charge is 0.381 e. The molecule has 0 bridgehead atoms. The normalized spacial score (nSPS) is 15.7. The van der Waals surface area contributed by atoms with Gasteiger partial charge in [0.1, 0.15) is 17.1 Å². The van der Waals surface area contributed by atoms with Crippen LogP contribution >= 0.6 is 0 Å². The van der Waals surface area contributed by atoms with E-state index >= 15 is 0 Å². The number of hydrogen-bond acceptors (Lipinski definition) is 7. The van der Waals surface area contributed by atoms with Gasteiger partial charge in [0.15, 0.2) is 5.82 Å². The molecule has 5 rings (SSSR count). The van der Waals surface area contributed by atoms with Gasteiger partial charge in [-0.3, -0.25) is 9.50 Å². The van der Waals surface area contributed by atoms with E-state index in [-0.39, 0.29) is 23.4 Å². The number of hydrogen-bond donors (Lipinski definition) is 2. The number of H-pyrrole nitrogens is 2. The summed E-state index contributed by atoms with van der Waals surface area (Å²) in [6, 6.07) is 0. The van der Waals surface area contributed by atoms with Crippen LogP contribution < -0.4 is 0 Å². The molecule has 162 valence electrons. The minimum atomic E-state index is -4.67. The SMILES string of the molecule is FC(F)(F)c1n[nH]c(-c2nc3ncc(COC4CCOCC4)cn3c2-c2c[nH]cn2)n1. The first-order valence-electron chi connectivity index (χ1n) is 9.54. The lowest BCUT2D eigenvalue weighted by atomic mass is 10.1. The van der Waals surface area contributed by atoms with Crippen LogP contribution in [0.2, 0.25) is 0 Å². The van der Waals surface area contributed by atoms with Crippen molar-refractivity contribution in [1.82, 2.24) is 39.5 Å². The van der Waals surface area contributed by atoms with Gasteiger partial charge in [0, 0.05) is 37.4 Å². The Labute approximate surface area is 172 Å². The summed E-state index contributed by atoms with van der Waals surface area (Å²) in [6.07, 6.45) is 3.58. The highest BCUT2D eigenvalue weighted by atomic mass is 19.4. The van der Waals surface area contributed by atoms with E-state index in [4.69, 9.17) is 9.47 Å². The lowest BCUT2D eigenvalue weighted by Crippen LogP contribution is -2.23. The molecule has 0 radical (unpaired) electrons. The fourth-order valence-electron chi connectivity index (χ4n) is 3.40. The Morgan fingerprint density at radius 3 is 2.74 bits per heavy atom. The first kappa shape index (κ1) is 19.6. The maximum Gasteiger partial charge on any atom is 0.453 e. The molecule has 0 aromatic carbocycles. The van der Waals surface area contributed by atoms with Gasteiger partial charge in [0.25, 0.3) is 5.82 Å². The van der Waals surface area contributed by atoms with Crippen molar-refractivity contribution in [3.8, 4) is 22.9 Å². The fraction of sp³-hybridized carbons (Fsp3) is 0.389. The number of aromatic amines is 2. The molecule has 31 heavy (non-hydrogen) atoms. The average Bonchev–Trinajstić information content (AvgIpc) is 3.51. The molecule has 4 aromatic heterocycles. The Morgan fingerprint density at radius 1 is 1.19 bits per heavy atom. The number of nitrogens with zero attached hydrogens (tertiary/aromatic N) is 6. The van der Waals surface area contributed by atoms with Crippen molar-refractivity contribution in [2.75, 3.05) is 13.2 Å². The summed E-state index contributed by atoms with van der Waals surface area (Å²) >= 11 is 0. The minimum absolute atomic E-state index is 0.114. The van der Waals surface area contributed by atoms with Crippen LogP contribution in [0.3, 0.4) is 0 Å². The third-order valence-corrected chi connectivity index (χ3v) is 4.89. The summed E-state index contributed by atoms with van der Waals surface area (Å²) in [4.78, 5) is 19.3. The summed E-state index contributed by atoms with van der Waals surface area (Å²) in [5.74, 6) is -1.12. The molecular formula is C18H17F3N8O2. The molecular weight excluding hydrogens is 417 g/mol. The monoisotopic (exact) mass is 434 g/mol. The van der Waals surface area contributed by atoms with Crippen LogP contribution in [0, 0.1) is 0 Å². The summed E-state index contributed by atoms with van der Waals surface area (Å²) in [6.45, 7) is 1.68. The van der Waals surface area contributed by atoms with Crippen molar-refractivity contribution in [1.29, 1.82) is 0 Å². The number of ether oxygens (including phenoxy) is 2. The molecule has 1 fully saturated rings. The first-order chi connectivity index (χ1) is 15.0. The molecule has 0 unspecified atom stereocenters. The Balaban J connectivity index is 1.53. The maximum absolute atomic E-state index is 13.0. The van der Waals surface area contributed by atoms with Gasteiger partial charge in [-0.05, 0) is 12.8 Å². The molecule has 0 spiro atoms. The van der Waals surface area contributed by atoms with Crippen molar-refractivity contribution in [2.24, 2.45) is 0 Å². The molecule has 4 aromatic rings. The predicted molar refractivity (Wildman–Crippen MR) is 99.6 cm³/mol. The first-order valence-corrected chi connectivity index (χ1v) is 9.54. The summed E-state index contributed by atoms with van der Waals surface area (Å²) in [5.41, 5.74) is 1.84. The van der Waals surface area contributed by atoms with E-state index in [0.717, 1.165) is 18.4 Å². The molecule has 1 saturated heterocycles. The Morgan fingerprint density at radius 2 is 2.03 bits per heavy atom. The molecule has 0 saturated carbocycles. The van der Waals surface area contributed by atoms with Crippen LogP contribution in [0.4, 0.5) is 13.2 Å². The van der Waals surface area contributed by atoms with Crippen molar-refractivity contribution < 1.29 is 22.6 Å². The number of fused-ring (bicyclic) bond motifs is 1. The van der Waals surface area contributed by atoms with Crippen molar-refractivity contribution in [2.45, 2.75) is 31.7 Å². The third-order valence-electron chi connectivity index (χ3n) is 4.89. The average molecular weight is 434 g/mol. The largest absolute Gasteiger partial charge is 0.453 e. The van der Waals surface area contributed by atoms with Crippen LogP contribution in [0.15, 0.2) is 24.9 Å². The topological polar surface area (TPSA) is 119 Å². The van der Waals surface area contributed by atoms with E-state index in [9.17, 15) is 13.2 Å². The van der Waals surface area contributed by atoms with Crippen LogP contribution in [0.5, 0.6) is 0 Å². The Hall–Kier alpha value is -3.32. The molecule has 13 heteroatoms. The van der Waals surface area contributed by atoms with Crippen molar-refractivity contribution in [3.63, 3.8) is 0 Å². The summed E-state index contributed by atoms with van der Waals surface area (Å²) < 4.78 is 51.8. The van der Waals surface area contributed by atoms with Gasteiger partial charge in [-0.2, -0.15) is 13.2 Å². The van der Waals surface area contributed by atoms with E-state index in [1.807, 2.05) is 0 Å². The van der Waals surface area contributed by atoms with E-state index in [1.54, 1.807) is 23.0 Å². The number of halogens is 3. The molecule has 10 nitrogen and oxygen atoms in total. The van der Waals surface area contributed by atoms with Crippen molar-refractivity contribution in [3.05, 3.63) is 36.3 Å². The second-order valence-electron chi connectivity index (χ2n) is 7.02. The van der Waals surface area contributed by atoms with Crippen LogP contribution in [0.25, 0.3) is 28.7 Å². The second-order valence-corrected chi connectivity index (χ2v) is 7.02. The molecule has 0 aliphatic carbocycles. The maximum atomic E-state index is 13.0. The lowest BCUT2D eigenvalue weighted by molar-refractivity contribution is -0.144. The second kappa shape index (κ2) is 7.74. The van der Waals surface area contributed by atoms with Gasteiger partial charge in [-0.25, -0.2) is 19.9 Å². The zero-order chi connectivity index (χ0) is 21.4. The van der Waals surface area contributed by atoms with E-state index in [0.29, 0.717) is 31.2 Å². The molecule has 0 atom stereocenters. The molecule has 1 aliphatic rings. The fourth-order valence-corrected chi connectivity index (χ4v) is 3.40. The van der Waals surface area contributed by atoms with Crippen LogP contribution in [-0.2, 0) is 22.3 Å². The van der Waals surface area contributed by atoms with Gasteiger partial charge < -0.3 is 14.5 Å². The molecule has 0 amide bonds. The van der Waals surface area contributed by atoms with Gasteiger partial charge in [0.05, 0.1) is 19.0 Å². The standard InChI is InChI=1S/C18H17F3N8O2/c19-18(20,21)16-26-15(27-28-16)13-14(12-6-22-9-24-12)29-7-10(5-23-17(29)25-13)8-31-11-1-3-30-4-2-11/h5-7,9,11H,1-4,8H2,(H,22,24)(H,26,27,28). The Bertz CT molecular complexity index is 1180. The summed E-state index contributed by atoms with van der Waals surface area (Å²) in [7, 11) is 0. The number of imidazole rings is 2. The van der Waals surface area contributed by atoms with Gasteiger partial charge in [0.2, 0.25) is 5.78 Å². The zero-order valence-electron chi connectivity index (χ0n) is 16.1. The lowest BCUT2D eigenvalue weighted by Gasteiger charge is -2.22. The number of nitrogens with one attached hydrogen (secondary N) is 2. The molecule has 2 N–H and O–H groups in total. The Kier molecular flexibility index (Phi) is 4.90. The van der Waals surface area contributed by atoms with Gasteiger partial charge in [-0.15, -0.1) is 5.10 Å². The van der Waals surface area contributed by atoms with Gasteiger partial charge >= 0.3 is 6.18 Å². The van der Waals surface area contributed by atoms with Crippen LogP contribution in [0.1, 0.15) is 24.2 Å². The number of rotatable bonds is 5. The van der Waals surface area contributed by atoms with E-state index in [1.165, 1.54) is 6.33 Å². The third kappa shape index (κ3) is 3.88. The quantitative estimate of drug-likeness (QED) is 0.496. The number of alkyl halides is 3.